The van der Waals surface area contributed by atoms with Crippen molar-refractivity contribution in [2.75, 3.05) is 12.1 Å². The molecule has 1 aliphatic rings. The van der Waals surface area contributed by atoms with Gasteiger partial charge in [-0.3, -0.25) is 9.89 Å². The summed E-state index contributed by atoms with van der Waals surface area (Å²) in [6.07, 6.45) is 0. The summed E-state index contributed by atoms with van der Waals surface area (Å²) >= 11 is 0. The summed E-state index contributed by atoms with van der Waals surface area (Å²) in [5.41, 5.74) is 1.37. The number of nitrogens with zero attached hydrogens (tertiary/aromatic N) is 1. The number of ether oxygens (including phenoxy) is 2. The van der Waals surface area contributed by atoms with Gasteiger partial charge in [-0.1, -0.05) is 12.1 Å². The maximum absolute atomic E-state index is 12.3. The fraction of sp³-hybridized carbons (Fsp3) is 0.0667. The first-order valence-corrected chi connectivity index (χ1v) is 6.45. The molecule has 2 heterocycles. The number of benzene rings is 2. The third-order valence-corrected chi connectivity index (χ3v) is 3.34. The molecule has 1 aromatic heterocycles. The number of H-pyrrole nitrogens is 1. The van der Waals surface area contributed by atoms with Crippen LogP contribution in [-0.2, 0) is 0 Å². The van der Waals surface area contributed by atoms with E-state index in [1.165, 1.54) is 0 Å². The molecule has 3 aromatic rings. The summed E-state index contributed by atoms with van der Waals surface area (Å²) in [5.74, 6) is 1.49. The number of anilines is 1. The van der Waals surface area contributed by atoms with Crippen LogP contribution in [0.5, 0.6) is 11.5 Å². The number of carbonyl (C=O) groups excluding carboxylic acids is 1. The van der Waals surface area contributed by atoms with E-state index in [1.807, 2.05) is 24.3 Å². The quantitative estimate of drug-likeness (QED) is 0.756. The minimum atomic E-state index is -0.245. The lowest BCUT2D eigenvalue weighted by Gasteiger charge is -2.04. The number of rotatable bonds is 2. The molecule has 6 heteroatoms. The zero-order valence-corrected chi connectivity index (χ0v) is 10.9. The number of aromatic nitrogens is 2. The van der Waals surface area contributed by atoms with Crippen molar-refractivity contribution in [2.24, 2.45) is 0 Å². The highest BCUT2D eigenvalue weighted by atomic mass is 16.7. The van der Waals surface area contributed by atoms with Crippen LogP contribution >= 0.6 is 0 Å². The summed E-state index contributed by atoms with van der Waals surface area (Å²) in [7, 11) is 0. The van der Waals surface area contributed by atoms with Gasteiger partial charge < -0.3 is 14.8 Å². The van der Waals surface area contributed by atoms with E-state index in [9.17, 15) is 4.79 Å². The topological polar surface area (TPSA) is 76.2 Å². The van der Waals surface area contributed by atoms with Crippen molar-refractivity contribution >= 4 is 22.6 Å². The molecule has 0 saturated heterocycles. The van der Waals surface area contributed by atoms with E-state index in [-0.39, 0.29) is 12.7 Å². The molecule has 1 amide bonds. The Morgan fingerprint density at radius 1 is 1.14 bits per heavy atom. The molecule has 4 rings (SSSR count). The van der Waals surface area contributed by atoms with Crippen LogP contribution in [0.2, 0.25) is 0 Å². The molecule has 104 valence electrons. The average Bonchev–Trinajstić information content (AvgIpc) is 3.13. The number of hydrogen-bond acceptors (Lipinski definition) is 4. The number of amides is 1. The molecule has 0 aliphatic carbocycles. The van der Waals surface area contributed by atoms with Crippen molar-refractivity contribution in [3.63, 3.8) is 0 Å². The van der Waals surface area contributed by atoms with Crippen LogP contribution in [0.4, 0.5) is 5.82 Å². The van der Waals surface area contributed by atoms with Crippen molar-refractivity contribution in [1.82, 2.24) is 10.2 Å². The minimum absolute atomic E-state index is 0.185. The second kappa shape index (κ2) is 4.52. The van der Waals surface area contributed by atoms with Crippen LogP contribution in [0.15, 0.2) is 42.5 Å². The molecule has 2 N–H and O–H groups in total. The van der Waals surface area contributed by atoms with Gasteiger partial charge in [0.2, 0.25) is 6.79 Å². The first kappa shape index (κ1) is 11.8. The number of aromatic amines is 1. The van der Waals surface area contributed by atoms with Gasteiger partial charge >= 0.3 is 0 Å². The fourth-order valence-corrected chi connectivity index (χ4v) is 2.28. The first-order valence-electron chi connectivity index (χ1n) is 6.45. The third kappa shape index (κ3) is 1.97. The zero-order chi connectivity index (χ0) is 14.2. The number of fused-ring (bicyclic) bond motifs is 2. The van der Waals surface area contributed by atoms with E-state index < -0.39 is 0 Å². The Hall–Kier alpha value is -3.02. The highest BCUT2D eigenvalue weighted by molar-refractivity contribution is 6.08. The minimum Gasteiger partial charge on any atom is -0.454 e. The van der Waals surface area contributed by atoms with Crippen LogP contribution in [0.1, 0.15) is 10.4 Å². The number of hydrogen-bond donors (Lipinski definition) is 2. The van der Waals surface area contributed by atoms with E-state index in [2.05, 4.69) is 15.5 Å². The molecule has 6 nitrogen and oxygen atoms in total. The van der Waals surface area contributed by atoms with Gasteiger partial charge in [-0.15, -0.1) is 0 Å². The van der Waals surface area contributed by atoms with E-state index >= 15 is 0 Å². The monoisotopic (exact) mass is 281 g/mol. The molecule has 0 fully saturated rings. The summed E-state index contributed by atoms with van der Waals surface area (Å²) in [6, 6.07) is 12.7. The Morgan fingerprint density at radius 2 is 2.00 bits per heavy atom. The van der Waals surface area contributed by atoms with E-state index in [1.54, 1.807) is 18.2 Å². The highest BCUT2D eigenvalue weighted by Gasteiger charge is 2.17. The van der Waals surface area contributed by atoms with Gasteiger partial charge in [0.1, 0.15) is 0 Å². The summed E-state index contributed by atoms with van der Waals surface area (Å²) in [5, 5.41) is 10.7. The Balaban J connectivity index is 1.63. The molecule has 0 saturated carbocycles. The summed E-state index contributed by atoms with van der Waals surface area (Å²) < 4.78 is 10.5. The lowest BCUT2D eigenvalue weighted by molar-refractivity contribution is 0.102. The first-order chi connectivity index (χ1) is 10.3. The van der Waals surface area contributed by atoms with E-state index in [0.29, 0.717) is 22.9 Å². The molecule has 0 bridgehead atoms. The molecule has 0 radical (unpaired) electrons. The maximum Gasteiger partial charge on any atom is 0.257 e. The lowest BCUT2D eigenvalue weighted by Crippen LogP contribution is -2.12. The predicted octanol–water partition coefficient (Wildman–Crippen LogP) is 2.54. The average molecular weight is 281 g/mol. The van der Waals surface area contributed by atoms with Gasteiger partial charge in [0.05, 0.1) is 5.52 Å². The molecular weight excluding hydrogens is 270 g/mol. The summed E-state index contributed by atoms with van der Waals surface area (Å²) in [6.45, 7) is 0.185. The standard InChI is InChI=1S/C15H11N3O3/c19-15(9-5-6-12-13(7-9)21-8-20-12)16-14-10-3-1-2-4-11(10)17-18-14/h1-7H,8H2,(H2,16,17,18,19). The van der Waals surface area contributed by atoms with Crippen molar-refractivity contribution in [3.05, 3.63) is 48.0 Å². The molecule has 0 spiro atoms. The smallest absolute Gasteiger partial charge is 0.257 e. The van der Waals surface area contributed by atoms with Crippen molar-refractivity contribution < 1.29 is 14.3 Å². The van der Waals surface area contributed by atoms with Crippen LogP contribution in [0, 0.1) is 0 Å². The Labute approximate surface area is 119 Å². The summed E-state index contributed by atoms with van der Waals surface area (Å²) in [4.78, 5) is 12.3. The Bertz CT molecular complexity index is 841. The molecule has 0 unspecified atom stereocenters. The van der Waals surface area contributed by atoms with Gasteiger partial charge in [0.25, 0.3) is 5.91 Å². The van der Waals surface area contributed by atoms with Gasteiger partial charge in [-0.2, -0.15) is 5.10 Å². The third-order valence-electron chi connectivity index (χ3n) is 3.34. The largest absolute Gasteiger partial charge is 0.454 e. The van der Waals surface area contributed by atoms with Crippen LogP contribution in [-0.4, -0.2) is 22.9 Å². The number of carbonyl (C=O) groups is 1. The van der Waals surface area contributed by atoms with Crippen molar-refractivity contribution in [3.8, 4) is 11.5 Å². The SMILES string of the molecule is O=C(Nc1n[nH]c2ccccc12)c1ccc2c(c1)OCO2. The Morgan fingerprint density at radius 3 is 2.95 bits per heavy atom. The number of para-hydroxylation sites is 1. The van der Waals surface area contributed by atoms with Gasteiger partial charge in [0, 0.05) is 10.9 Å². The second-order valence-corrected chi connectivity index (χ2v) is 4.64. The normalized spacial score (nSPS) is 12.6. The van der Waals surface area contributed by atoms with Crippen molar-refractivity contribution in [2.45, 2.75) is 0 Å². The van der Waals surface area contributed by atoms with Gasteiger partial charge in [-0.05, 0) is 30.3 Å². The maximum atomic E-state index is 12.3. The van der Waals surface area contributed by atoms with Crippen LogP contribution < -0.4 is 14.8 Å². The van der Waals surface area contributed by atoms with Gasteiger partial charge in [0.15, 0.2) is 17.3 Å². The van der Waals surface area contributed by atoms with Gasteiger partial charge in [-0.25, -0.2) is 0 Å². The fourth-order valence-electron chi connectivity index (χ4n) is 2.28. The molecule has 1 aliphatic heterocycles. The number of nitrogens with one attached hydrogen (secondary N) is 2. The molecule has 2 aromatic carbocycles. The zero-order valence-electron chi connectivity index (χ0n) is 10.9. The second-order valence-electron chi connectivity index (χ2n) is 4.64. The molecule has 0 atom stereocenters. The molecular formula is C15H11N3O3. The molecule has 21 heavy (non-hydrogen) atoms. The lowest BCUT2D eigenvalue weighted by atomic mass is 10.2. The van der Waals surface area contributed by atoms with Crippen LogP contribution in [0.25, 0.3) is 10.9 Å². The highest BCUT2D eigenvalue weighted by Crippen LogP contribution is 2.32. The van der Waals surface area contributed by atoms with Crippen LogP contribution in [0.3, 0.4) is 0 Å². The Kier molecular flexibility index (Phi) is 2.53. The van der Waals surface area contributed by atoms with Crippen molar-refractivity contribution in [1.29, 1.82) is 0 Å². The van der Waals surface area contributed by atoms with E-state index in [4.69, 9.17) is 9.47 Å². The van der Waals surface area contributed by atoms with E-state index in [0.717, 1.165) is 10.9 Å². The predicted molar refractivity (Wildman–Crippen MR) is 76.6 cm³/mol.